The summed E-state index contributed by atoms with van der Waals surface area (Å²) < 4.78 is 0. The van der Waals surface area contributed by atoms with Crippen molar-refractivity contribution in [2.45, 2.75) is 0 Å². The van der Waals surface area contributed by atoms with Gasteiger partial charge in [-0.2, -0.15) is 0 Å². The Balaban J connectivity index is 1.31. The Kier molecular flexibility index (Phi) is 6.94. The van der Waals surface area contributed by atoms with Crippen LogP contribution in [0.4, 0.5) is 0 Å². The van der Waals surface area contributed by atoms with Crippen molar-refractivity contribution < 1.29 is 0 Å². The predicted molar refractivity (Wildman–Crippen MR) is 175 cm³/mol. The molecule has 2 heteroatoms. The SMILES string of the molecule is c1ccc(-c2ccccc2-c2cccc(-c3ccccc3-c3cccc(-c4ccccc4-c4ccccn4)c3)n2)cc1. The molecule has 0 radical (unpaired) electrons. The van der Waals surface area contributed by atoms with Crippen LogP contribution < -0.4 is 0 Å². The fraction of sp³-hybridized carbons (Fsp3) is 0. The van der Waals surface area contributed by atoms with E-state index < -0.39 is 0 Å². The molecule has 2 nitrogen and oxygen atoms in total. The minimum absolute atomic E-state index is 0.949. The van der Waals surface area contributed by atoms with Gasteiger partial charge in [-0.1, -0.05) is 133 Å². The molecule has 0 fully saturated rings. The van der Waals surface area contributed by atoms with Gasteiger partial charge in [0.1, 0.15) is 0 Å². The molecule has 0 amide bonds. The normalized spacial score (nSPS) is 10.9. The van der Waals surface area contributed by atoms with Gasteiger partial charge >= 0.3 is 0 Å². The minimum Gasteiger partial charge on any atom is -0.256 e. The standard InChI is InChI=1S/C40H28N2/c1-2-14-29(15-3-1)32-18-4-8-22-36(32)39-25-13-26-40(42-39)37-23-9-6-20-34(37)31-17-12-16-30(28-31)33-19-5-7-21-35(33)38-24-10-11-27-41-38/h1-28H. The first-order valence-electron chi connectivity index (χ1n) is 14.2. The molecule has 0 spiro atoms. The number of nitrogens with zero attached hydrogens (tertiary/aromatic N) is 2. The Hall–Kier alpha value is -5.60. The predicted octanol–water partition coefficient (Wildman–Crippen LogP) is 10.5. The third-order valence-electron chi connectivity index (χ3n) is 7.59. The van der Waals surface area contributed by atoms with Crippen LogP contribution in [0.2, 0.25) is 0 Å². The van der Waals surface area contributed by atoms with Gasteiger partial charge in [-0.05, 0) is 63.7 Å². The van der Waals surface area contributed by atoms with Crippen LogP contribution in [-0.4, -0.2) is 9.97 Å². The smallest absolute Gasteiger partial charge is 0.0715 e. The highest BCUT2D eigenvalue weighted by Gasteiger charge is 2.14. The number of rotatable bonds is 6. The van der Waals surface area contributed by atoms with Gasteiger partial charge in [-0.25, -0.2) is 4.98 Å². The van der Waals surface area contributed by atoms with E-state index in [2.05, 4.69) is 151 Å². The lowest BCUT2D eigenvalue weighted by Gasteiger charge is -2.14. The van der Waals surface area contributed by atoms with Crippen molar-refractivity contribution in [2.75, 3.05) is 0 Å². The number of benzene rings is 5. The first kappa shape index (κ1) is 25.4. The van der Waals surface area contributed by atoms with Gasteiger partial charge in [0, 0.05) is 22.9 Å². The Morgan fingerprint density at radius 1 is 0.286 bits per heavy atom. The van der Waals surface area contributed by atoms with Crippen LogP contribution >= 0.6 is 0 Å². The lowest BCUT2D eigenvalue weighted by atomic mass is 9.92. The summed E-state index contributed by atoms with van der Waals surface area (Å²) in [4.78, 5) is 9.83. The van der Waals surface area contributed by atoms with Gasteiger partial charge < -0.3 is 0 Å². The van der Waals surface area contributed by atoms with Crippen LogP contribution in [0.5, 0.6) is 0 Å². The monoisotopic (exact) mass is 536 g/mol. The molecular formula is C40H28N2. The lowest BCUT2D eigenvalue weighted by molar-refractivity contribution is 1.32. The van der Waals surface area contributed by atoms with Gasteiger partial charge in [-0.3, -0.25) is 4.98 Å². The molecule has 2 heterocycles. The second-order valence-corrected chi connectivity index (χ2v) is 10.2. The van der Waals surface area contributed by atoms with E-state index in [-0.39, 0.29) is 0 Å². The number of pyridine rings is 2. The summed E-state index contributed by atoms with van der Waals surface area (Å²) in [5.74, 6) is 0. The summed E-state index contributed by atoms with van der Waals surface area (Å²) in [6.45, 7) is 0. The van der Waals surface area contributed by atoms with E-state index >= 15 is 0 Å². The Morgan fingerprint density at radius 2 is 0.690 bits per heavy atom. The Bertz CT molecular complexity index is 1830. The molecule has 198 valence electrons. The van der Waals surface area contributed by atoms with Crippen LogP contribution in [0.25, 0.3) is 67.2 Å². The second-order valence-electron chi connectivity index (χ2n) is 10.2. The summed E-state index contributed by atoms with van der Waals surface area (Å²) in [6, 6.07) is 57.1. The van der Waals surface area contributed by atoms with Crippen molar-refractivity contribution in [3.8, 4) is 67.2 Å². The molecule has 0 N–H and O–H groups in total. The molecule has 5 aromatic carbocycles. The molecule has 7 rings (SSSR count). The van der Waals surface area contributed by atoms with E-state index in [0.717, 1.165) is 56.0 Å². The number of aromatic nitrogens is 2. The van der Waals surface area contributed by atoms with Gasteiger partial charge in [0.2, 0.25) is 0 Å². The van der Waals surface area contributed by atoms with Crippen molar-refractivity contribution >= 4 is 0 Å². The molecule has 0 bridgehead atoms. The van der Waals surface area contributed by atoms with Gasteiger partial charge in [0.05, 0.1) is 17.1 Å². The first-order valence-corrected chi connectivity index (χ1v) is 14.2. The molecule has 0 unspecified atom stereocenters. The zero-order valence-corrected chi connectivity index (χ0v) is 23.1. The highest BCUT2D eigenvalue weighted by Crippen LogP contribution is 2.37. The van der Waals surface area contributed by atoms with Crippen molar-refractivity contribution in [3.05, 3.63) is 170 Å². The maximum absolute atomic E-state index is 5.21. The second kappa shape index (κ2) is 11.5. The third-order valence-corrected chi connectivity index (χ3v) is 7.59. The average molecular weight is 537 g/mol. The van der Waals surface area contributed by atoms with Crippen molar-refractivity contribution in [1.29, 1.82) is 0 Å². The summed E-state index contributed by atoms with van der Waals surface area (Å²) in [5, 5.41) is 0. The van der Waals surface area contributed by atoms with Crippen LogP contribution in [0, 0.1) is 0 Å². The van der Waals surface area contributed by atoms with Gasteiger partial charge in [0.25, 0.3) is 0 Å². The number of hydrogen-bond donors (Lipinski definition) is 0. The van der Waals surface area contributed by atoms with Gasteiger partial charge in [-0.15, -0.1) is 0 Å². The maximum atomic E-state index is 5.21. The largest absolute Gasteiger partial charge is 0.256 e. The minimum atomic E-state index is 0.949. The highest BCUT2D eigenvalue weighted by molar-refractivity contribution is 5.88. The van der Waals surface area contributed by atoms with E-state index in [1.165, 1.54) is 11.1 Å². The average Bonchev–Trinajstić information content (AvgIpc) is 3.09. The summed E-state index contributed by atoms with van der Waals surface area (Å²) in [5.41, 5.74) is 13.2. The topological polar surface area (TPSA) is 25.8 Å². The summed E-state index contributed by atoms with van der Waals surface area (Å²) >= 11 is 0. The zero-order chi connectivity index (χ0) is 28.1. The molecule has 0 saturated carbocycles. The summed E-state index contributed by atoms with van der Waals surface area (Å²) in [7, 11) is 0. The zero-order valence-electron chi connectivity index (χ0n) is 23.1. The Morgan fingerprint density at radius 3 is 1.24 bits per heavy atom. The molecule has 0 atom stereocenters. The van der Waals surface area contributed by atoms with E-state index in [1.54, 1.807) is 0 Å². The van der Waals surface area contributed by atoms with E-state index in [0.29, 0.717) is 0 Å². The van der Waals surface area contributed by atoms with Crippen LogP contribution in [-0.2, 0) is 0 Å². The van der Waals surface area contributed by atoms with E-state index in [9.17, 15) is 0 Å². The highest BCUT2D eigenvalue weighted by atomic mass is 14.7. The van der Waals surface area contributed by atoms with Crippen LogP contribution in [0.15, 0.2) is 170 Å². The quantitative estimate of drug-likeness (QED) is 0.211. The Labute approximate surface area is 246 Å². The van der Waals surface area contributed by atoms with Crippen LogP contribution in [0.3, 0.4) is 0 Å². The molecule has 2 aromatic heterocycles. The first-order chi connectivity index (χ1) is 20.8. The molecule has 0 saturated heterocycles. The molecule has 0 aliphatic carbocycles. The third kappa shape index (κ3) is 5.02. The lowest BCUT2D eigenvalue weighted by Crippen LogP contribution is -1.93. The molecule has 0 aliphatic rings. The summed E-state index contributed by atoms with van der Waals surface area (Å²) in [6.07, 6.45) is 1.85. The van der Waals surface area contributed by atoms with Crippen molar-refractivity contribution in [2.24, 2.45) is 0 Å². The fourth-order valence-electron chi connectivity index (χ4n) is 5.60. The van der Waals surface area contributed by atoms with E-state index in [4.69, 9.17) is 4.98 Å². The number of hydrogen-bond acceptors (Lipinski definition) is 2. The molecule has 7 aromatic rings. The molecular weight excluding hydrogens is 508 g/mol. The van der Waals surface area contributed by atoms with Crippen molar-refractivity contribution in [1.82, 2.24) is 9.97 Å². The molecule has 42 heavy (non-hydrogen) atoms. The van der Waals surface area contributed by atoms with Crippen molar-refractivity contribution in [3.63, 3.8) is 0 Å². The molecule has 0 aliphatic heterocycles. The maximum Gasteiger partial charge on any atom is 0.0715 e. The van der Waals surface area contributed by atoms with Crippen LogP contribution in [0.1, 0.15) is 0 Å². The van der Waals surface area contributed by atoms with Gasteiger partial charge in [0.15, 0.2) is 0 Å². The van der Waals surface area contributed by atoms with E-state index in [1.807, 2.05) is 24.4 Å². The fourth-order valence-corrected chi connectivity index (χ4v) is 5.60.